The van der Waals surface area contributed by atoms with Crippen molar-refractivity contribution in [3.8, 4) is 0 Å². The van der Waals surface area contributed by atoms with Crippen molar-refractivity contribution < 1.29 is 26.3 Å². The summed E-state index contributed by atoms with van der Waals surface area (Å²) < 4.78 is 66.1. The molecule has 140 valence electrons. The lowest BCUT2D eigenvalue weighted by Crippen LogP contribution is -2.54. The second-order valence-electron chi connectivity index (χ2n) is 6.50. The quantitative estimate of drug-likeness (QED) is 0.555. The average molecular weight is 372 g/mol. The molecule has 2 heterocycles. The van der Waals surface area contributed by atoms with Crippen LogP contribution in [0.3, 0.4) is 0 Å². The number of sulfonamides is 1. The van der Waals surface area contributed by atoms with Crippen LogP contribution in [0.2, 0.25) is 0 Å². The zero-order valence-electron chi connectivity index (χ0n) is 13.7. The van der Waals surface area contributed by atoms with Crippen LogP contribution in [0.15, 0.2) is 4.99 Å². The Morgan fingerprint density at radius 3 is 2.33 bits per heavy atom. The van der Waals surface area contributed by atoms with Crippen LogP contribution in [-0.4, -0.2) is 70.1 Å². The highest BCUT2D eigenvalue weighted by molar-refractivity contribution is 7.90. The first-order chi connectivity index (χ1) is 11.1. The van der Waals surface area contributed by atoms with Crippen molar-refractivity contribution in [1.82, 2.24) is 14.9 Å². The van der Waals surface area contributed by atoms with E-state index in [9.17, 15) is 21.6 Å². The Morgan fingerprint density at radius 2 is 1.92 bits per heavy atom. The molecule has 0 saturated carbocycles. The zero-order chi connectivity index (χ0) is 18.0. The van der Waals surface area contributed by atoms with Gasteiger partial charge in [0.1, 0.15) is 0 Å². The fourth-order valence-electron chi connectivity index (χ4n) is 2.62. The maximum absolute atomic E-state index is 12.5. The fraction of sp³-hybridized carbons (Fsp3) is 0.923. The van der Waals surface area contributed by atoms with E-state index in [0.717, 1.165) is 0 Å². The monoisotopic (exact) mass is 372 g/mol. The van der Waals surface area contributed by atoms with E-state index >= 15 is 0 Å². The molecule has 2 aliphatic rings. The molecule has 0 unspecified atom stereocenters. The SMILES string of the molecule is CN=C(NCC1(C)COC1)NC1CCN(S(=O)(=O)C(F)(F)F)CC1. The maximum atomic E-state index is 12.5. The van der Waals surface area contributed by atoms with Crippen LogP contribution >= 0.6 is 0 Å². The summed E-state index contributed by atoms with van der Waals surface area (Å²) in [6.45, 7) is 3.77. The Balaban J connectivity index is 1.81. The standard InChI is InChI=1S/C13H23F3N4O3S/c1-12(8-23-9-12)7-18-11(17-2)19-10-3-5-20(6-4-10)24(21,22)13(14,15)16/h10H,3-9H2,1-2H3,(H2,17,18,19). The summed E-state index contributed by atoms with van der Waals surface area (Å²) in [6.07, 6.45) is 0.576. The van der Waals surface area contributed by atoms with Crippen molar-refractivity contribution >= 4 is 16.0 Å². The Kier molecular flexibility index (Phi) is 5.65. The van der Waals surface area contributed by atoms with Gasteiger partial charge >= 0.3 is 15.5 Å². The number of aliphatic imine (C=N–C) groups is 1. The summed E-state index contributed by atoms with van der Waals surface area (Å²) in [5.74, 6) is 0.556. The molecule has 0 aromatic carbocycles. The van der Waals surface area contributed by atoms with Gasteiger partial charge in [-0.25, -0.2) is 8.42 Å². The van der Waals surface area contributed by atoms with Crippen LogP contribution in [0.25, 0.3) is 0 Å². The number of guanidine groups is 1. The Bertz CT molecular complexity index is 568. The van der Waals surface area contributed by atoms with Gasteiger partial charge in [0.05, 0.1) is 13.2 Å². The molecule has 2 N–H and O–H groups in total. The highest BCUT2D eigenvalue weighted by Gasteiger charge is 2.50. The molecule has 7 nitrogen and oxygen atoms in total. The Hall–Kier alpha value is -1.07. The first kappa shape index (κ1) is 19.3. The van der Waals surface area contributed by atoms with E-state index in [1.807, 2.05) is 0 Å². The highest BCUT2D eigenvalue weighted by atomic mass is 32.2. The molecule has 0 radical (unpaired) electrons. The lowest BCUT2D eigenvalue weighted by Gasteiger charge is -2.39. The van der Waals surface area contributed by atoms with Crippen LogP contribution < -0.4 is 10.6 Å². The lowest BCUT2D eigenvalue weighted by molar-refractivity contribution is -0.0971. The summed E-state index contributed by atoms with van der Waals surface area (Å²) in [5, 5.41) is 6.30. The van der Waals surface area contributed by atoms with Crippen LogP contribution in [0.4, 0.5) is 13.2 Å². The van der Waals surface area contributed by atoms with Crippen molar-refractivity contribution in [2.45, 2.75) is 31.3 Å². The number of nitrogens with zero attached hydrogens (tertiary/aromatic N) is 2. The molecule has 0 bridgehead atoms. The number of hydrogen-bond donors (Lipinski definition) is 2. The van der Waals surface area contributed by atoms with E-state index < -0.39 is 15.5 Å². The highest BCUT2D eigenvalue weighted by Crippen LogP contribution is 2.29. The molecule has 0 spiro atoms. The minimum atomic E-state index is -5.24. The predicted molar refractivity (Wildman–Crippen MR) is 83.0 cm³/mol. The molecule has 0 aromatic heterocycles. The van der Waals surface area contributed by atoms with Crippen LogP contribution in [-0.2, 0) is 14.8 Å². The van der Waals surface area contributed by atoms with Gasteiger partial charge in [0, 0.05) is 38.1 Å². The van der Waals surface area contributed by atoms with Crippen LogP contribution in [0, 0.1) is 5.41 Å². The van der Waals surface area contributed by atoms with Crippen molar-refractivity contribution in [3.63, 3.8) is 0 Å². The Labute approximate surface area is 139 Å². The van der Waals surface area contributed by atoms with Gasteiger partial charge in [-0.15, -0.1) is 0 Å². The summed E-state index contributed by atoms with van der Waals surface area (Å²) in [6, 6.07) is -0.124. The summed E-state index contributed by atoms with van der Waals surface area (Å²) in [4.78, 5) is 4.09. The molecule has 0 aromatic rings. The number of rotatable bonds is 4. The molecule has 2 rings (SSSR count). The minimum Gasteiger partial charge on any atom is -0.380 e. The summed E-state index contributed by atoms with van der Waals surface area (Å²) >= 11 is 0. The molecule has 0 aliphatic carbocycles. The lowest BCUT2D eigenvalue weighted by atomic mass is 9.89. The van der Waals surface area contributed by atoms with E-state index in [4.69, 9.17) is 4.74 Å². The molecular weight excluding hydrogens is 349 g/mol. The van der Waals surface area contributed by atoms with Crippen LogP contribution in [0.1, 0.15) is 19.8 Å². The predicted octanol–water partition coefficient (Wildman–Crippen LogP) is 0.502. The van der Waals surface area contributed by atoms with Gasteiger partial charge in [-0.1, -0.05) is 6.92 Å². The largest absolute Gasteiger partial charge is 0.511 e. The maximum Gasteiger partial charge on any atom is 0.511 e. The molecule has 0 atom stereocenters. The number of alkyl halides is 3. The molecule has 0 amide bonds. The van der Waals surface area contributed by atoms with Crippen LogP contribution in [0.5, 0.6) is 0 Å². The van der Waals surface area contributed by atoms with E-state index in [1.165, 1.54) is 0 Å². The normalized spacial score (nSPS) is 23.6. The molecule has 11 heteroatoms. The molecule has 2 aliphatic heterocycles. The number of halogens is 3. The fourth-order valence-corrected chi connectivity index (χ4v) is 3.61. The number of hydrogen-bond acceptors (Lipinski definition) is 4. The first-order valence-corrected chi connectivity index (χ1v) is 9.13. The van der Waals surface area contributed by atoms with Gasteiger partial charge in [0.15, 0.2) is 5.96 Å². The van der Waals surface area contributed by atoms with E-state index in [1.54, 1.807) is 7.05 Å². The number of nitrogens with one attached hydrogen (secondary N) is 2. The van der Waals surface area contributed by atoms with Crippen molar-refractivity contribution in [2.24, 2.45) is 10.4 Å². The zero-order valence-corrected chi connectivity index (χ0v) is 14.5. The molecule has 24 heavy (non-hydrogen) atoms. The van der Waals surface area contributed by atoms with Gasteiger partial charge in [-0.05, 0) is 12.8 Å². The molecular formula is C13H23F3N4O3S. The smallest absolute Gasteiger partial charge is 0.380 e. The van der Waals surface area contributed by atoms with Gasteiger partial charge in [-0.3, -0.25) is 4.99 Å². The van der Waals surface area contributed by atoms with Crippen molar-refractivity contribution in [3.05, 3.63) is 0 Å². The van der Waals surface area contributed by atoms with Gasteiger partial charge in [-0.2, -0.15) is 17.5 Å². The van der Waals surface area contributed by atoms with Gasteiger partial charge < -0.3 is 15.4 Å². The average Bonchev–Trinajstić information content (AvgIpc) is 2.49. The second-order valence-corrected chi connectivity index (χ2v) is 8.43. The Morgan fingerprint density at radius 1 is 1.33 bits per heavy atom. The third-order valence-electron chi connectivity index (χ3n) is 4.23. The summed E-state index contributed by atoms with van der Waals surface area (Å²) in [7, 11) is -3.63. The molecule has 2 fully saturated rings. The third-order valence-corrected chi connectivity index (χ3v) is 5.86. The second kappa shape index (κ2) is 7.04. The third kappa shape index (κ3) is 4.31. The van der Waals surface area contributed by atoms with Gasteiger partial charge in [0.25, 0.3) is 0 Å². The van der Waals surface area contributed by atoms with E-state index in [-0.39, 0.29) is 37.4 Å². The van der Waals surface area contributed by atoms with Crippen molar-refractivity contribution in [1.29, 1.82) is 0 Å². The van der Waals surface area contributed by atoms with Crippen molar-refractivity contribution in [2.75, 3.05) is 39.9 Å². The van der Waals surface area contributed by atoms with Gasteiger partial charge in [0.2, 0.25) is 0 Å². The summed E-state index contributed by atoms with van der Waals surface area (Å²) in [5.41, 5.74) is -5.19. The topological polar surface area (TPSA) is 83.0 Å². The molecule has 2 saturated heterocycles. The first-order valence-electron chi connectivity index (χ1n) is 7.69. The number of piperidine rings is 1. The van der Waals surface area contributed by atoms with E-state index in [2.05, 4.69) is 22.5 Å². The minimum absolute atomic E-state index is 0.0573. The van der Waals surface area contributed by atoms with E-state index in [0.29, 0.717) is 30.0 Å². The number of ether oxygens (including phenoxy) is 1.